The lowest BCUT2D eigenvalue weighted by Gasteiger charge is -2.20. The topological polar surface area (TPSA) is 234 Å². The Bertz CT molecular complexity index is 1090. The van der Waals surface area contributed by atoms with Gasteiger partial charge in [0, 0.05) is 18.9 Å². The van der Waals surface area contributed by atoms with E-state index in [0.717, 1.165) is 19.3 Å². The zero-order valence-electron chi connectivity index (χ0n) is 28.0. The van der Waals surface area contributed by atoms with Crippen LogP contribution in [0.4, 0.5) is 0 Å². The van der Waals surface area contributed by atoms with Crippen LogP contribution in [0, 0.1) is 0 Å². The van der Waals surface area contributed by atoms with Gasteiger partial charge in [0.25, 0.3) is 0 Å². The number of hydrogen-bond donors (Lipinski definition) is 5. The van der Waals surface area contributed by atoms with E-state index in [0.29, 0.717) is 19.3 Å². The summed E-state index contributed by atoms with van der Waals surface area (Å²) in [5.74, 6) is -5.72. The molecule has 5 amide bonds. The second-order valence-corrected chi connectivity index (χ2v) is 12.6. The lowest BCUT2D eigenvalue weighted by Crippen LogP contribution is -2.50. The van der Waals surface area contributed by atoms with Crippen LogP contribution in [-0.2, 0) is 38.4 Å². The summed E-state index contributed by atoms with van der Waals surface area (Å²) in [6, 6.07) is -1.67. The van der Waals surface area contributed by atoms with Gasteiger partial charge in [-0.15, -0.1) is 0 Å². The molecule has 6 N–H and O–H groups in total. The van der Waals surface area contributed by atoms with E-state index in [9.17, 15) is 43.5 Å². The molecule has 1 rings (SSSR count). The van der Waals surface area contributed by atoms with Gasteiger partial charge in [-0.05, 0) is 32.6 Å². The fourth-order valence-corrected chi connectivity index (χ4v) is 5.15. The predicted octanol–water partition coefficient (Wildman–Crippen LogP) is 0.766. The molecule has 0 spiro atoms. The van der Waals surface area contributed by atoms with E-state index in [1.54, 1.807) is 6.92 Å². The molecule has 14 nitrogen and oxygen atoms in total. The van der Waals surface area contributed by atoms with Gasteiger partial charge in [-0.3, -0.25) is 33.6 Å². The van der Waals surface area contributed by atoms with Gasteiger partial charge < -0.3 is 36.9 Å². The first-order valence-electron chi connectivity index (χ1n) is 17.0. The summed E-state index contributed by atoms with van der Waals surface area (Å²) in [5.41, 5.74) is 4.05. The molecule has 0 aliphatic heterocycles. The van der Waals surface area contributed by atoms with Crippen LogP contribution >= 0.6 is 0 Å². The highest BCUT2D eigenvalue weighted by Crippen LogP contribution is 2.37. The first-order valence-corrected chi connectivity index (χ1v) is 17.0. The molecular formula is C33H54N5O9-. The van der Waals surface area contributed by atoms with Crippen LogP contribution in [0.25, 0.3) is 0 Å². The Hall–Kier alpha value is -3.84. The molecule has 1 saturated carbocycles. The fraction of sp³-hybridized carbons (Fsp3) is 0.758. The highest BCUT2D eigenvalue weighted by Gasteiger charge is 2.50. The number of carboxylic acid groups (broad SMARTS) is 1. The van der Waals surface area contributed by atoms with Crippen molar-refractivity contribution in [2.45, 2.75) is 153 Å². The monoisotopic (exact) mass is 664 g/mol. The van der Waals surface area contributed by atoms with E-state index in [2.05, 4.69) is 22.9 Å². The SMILES string of the molecule is CCCCCCCCCCCCCC(=O)N[C@H](CC(N)=O)C(=O)N[C@@H](C)CCC(=O)CC(=O)NC1(C(=O)CC(=O)NCC(=O)[O-])CC1. The molecule has 1 aliphatic carbocycles. The van der Waals surface area contributed by atoms with Crippen LogP contribution in [0.5, 0.6) is 0 Å². The summed E-state index contributed by atoms with van der Waals surface area (Å²) in [7, 11) is 0. The number of Topliss-reactive ketones (excluding diaryl/α,β-unsaturated/α-hetero) is 2. The van der Waals surface area contributed by atoms with E-state index in [4.69, 9.17) is 5.73 Å². The van der Waals surface area contributed by atoms with Crippen molar-refractivity contribution < 1.29 is 43.5 Å². The minimum absolute atomic E-state index is 0.0624. The van der Waals surface area contributed by atoms with Crippen LogP contribution in [0.3, 0.4) is 0 Å². The molecule has 266 valence electrons. The third-order valence-electron chi connectivity index (χ3n) is 8.08. The maximum atomic E-state index is 12.8. The number of carbonyl (C=O) groups excluding carboxylic acids is 8. The predicted molar refractivity (Wildman–Crippen MR) is 171 cm³/mol. The number of aliphatic carboxylic acids is 1. The van der Waals surface area contributed by atoms with Crippen molar-refractivity contribution in [1.29, 1.82) is 0 Å². The summed E-state index contributed by atoms with van der Waals surface area (Å²) in [5, 5.41) is 20.2. The molecule has 2 atom stereocenters. The Labute approximate surface area is 277 Å². The normalized spacial score (nSPS) is 14.3. The smallest absolute Gasteiger partial charge is 0.243 e. The van der Waals surface area contributed by atoms with Crippen molar-refractivity contribution in [2.75, 3.05) is 6.54 Å². The molecule has 0 aromatic rings. The maximum Gasteiger partial charge on any atom is 0.243 e. The van der Waals surface area contributed by atoms with Crippen LogP contribution in [0.2, 0.25) is 0 Å². The van der Waals surface area contributed by atoms with Crippen molar-refractivity contribution >= 4 is 47.1 Å². The van der Waals surface area contributed by atoms with Gasteiger partial charge in [0.15, 0.2) is 5.78 Å². The summed E-state index contributed by atoms with van der Waals surface area (Å²) < 4.78 is 0. The summed E-state index contributed by atoms with van der Waals surface area (Å²) in [6.07, 6.45) is 12.0. The van der Waals surface area contributed by atoms with Crippen molar-refractivity contribution in [3.05, 3.63) is 0 Å². The number of nitrogens with two attached hydrogens (primary N) is 1. The lowest BCUT2D eigenvalue weighted by atomic mass is 10.0. The third-order valence-corrected chi connectivity index (χ3v) is 8.08. The van der Waals surface area contributed by atoms with Gasteiger partial charge in [0.1, 0.15) is 11.8 Å². The second kappa shape index (κ2) is 22.6. The van der Waals surface area contributed by atoms with E-state index in [1.807, 2.05) is 5.32 Å². The summed E-state index contributed by atoms with van der Waals surface area (Å²) in [4.78, 5) is 96.2. The van der Waals surface area contributed by atoms with E-state index in [1.165, 1.54) is 44.9 Å². The molecule has 0 heterocycles. The fourth-order valence-electron chi connectivity index (χ4n) is 5.15. The highest BCUT2D eigenvalue weighted by molar-refractivity contribution is 6.07. The molecule has 1 fully saturated rings. The second-order valence-electron chi connectivity index (χ2n) is 12.6. The molecule has 0 bridgehead atoms. The zero-order chi connectivity index (χ0) is 35.2. The molecular weight excluding hydrogens is 610 g/mol. The average Bonchev–Trinajstić information content (AvgIpc) is 3.77. The minimum Gasteiger partial charge on any atom is -0.548 e. The van der Waals surface area contributed by atoms with Crippen LogP contribution in [0.1, 0.15) is 136 Å². The number of hydrogen-bond acceptors (Lipinski definition) is 9. The Morgan fingerprint density at radius 2 is 1.32 bits per heavy atom. The zero-order valence-corrected chi connectivity index (χ0v) is 28.0. The molecule has 0 aromatic heterocycles. The number of rotatable bonds is 28. The van der Waals surface area contributed by atoms with Crippen LogP contribution < -0.4 is 32.1 Å². The molecule has 0 unspecified atom stereocenters. The Morgan fingerprint density at radius 1 is 0.745 bits per heavy atom. The van der Waals surface area contributed by atoms with Gasteiger partial charge in [0.2, 0.25) is 29.5 Å². The van der Waals surface area contributed by atoms with Crippen molar-refractivity contribution in [3.8, 4) is 0 Å². The molecule has 1 aliphatic rings. The summed E-state index contributed by atoms with van der Waals surface area (Å²) in [6.45, 7) is 3.11. The van der Waals surface area contributed by atoms with Crippen molar-refractivity contribution in [2.24, 2.45) is 5.73 Å². The quantitative estimate of drug-likeness (QED) is 0.0586. The third kappa shape index (κ3) is 19.4. The Kier molecular flexibility index (Phi) is 19.8. The molecule has 0 aromatic carbocycles. The van der Waals surface area contributed by atoms with Gasteiger partial charge >= 0.3 is 0 Å². The standard InChI is InChI=1S/C33H55N5O9/c1-3-4-5-6-7-8-9-10-11-12-13-14-28(42)37-25(20-27(34)41)32(47)36-23(2)15-16-24(39)19-30(44)38-33(17-18-33)26(40)21-29(43)35-22-31(45)46/h23,25H,3-22H2,1-2H3,(H2,34,41)(H,35,43)(H,36,47)(H,37,42)(H,38,44)(H,45,46)/p-1/t23-,25+/m0/s1. The Balaban J connectivity index is 2.36. The molecule has 14 heteroatoms. The number of nitrogens with one attached hydrogen (secondary N) is 4. The molecule has 47 heavy (non-hydrogen) atoms. The first-order chi connectivity index (χ1) is 22.3. The van der Waals surface area contributed by atoms with Crippen LogP contribution in [0.15, 0.2) is 0 Å². The van der Waals surface area contributed by atoms with Gasteiger partial charge in [-0.25, -0.2) is 0 Å². The minimum atomic E-state index is -1.50. The maximum absolute atomic E-state index is 12.8. The first kappa shape index (κ1) is 41.2. The largest absolute Gasteiger partial charge is 0.548 e. The Morgan fingerprint density at radius 3 is 1.85 bits per heavy atom. The number of ketones is 2. The van der Waals surface area contributed by atoms with Crippen LogP contribution in [-0.4, -0.2) is 71.2 Å². The molecule has 0 saturated heterocycles. The number of amides is 5. The van der Waals surface area contributed by atoms with E-state index < -0.39 is 78.2 Å². The summed E-state index contributed by atoms with van der Waals surface area (Å²) >= 11 is 0. The van der Waals surface area contributed by atoms with Gasteiger partial charge in [0.05, 0.1) is 37.3 Å². The van der Waals surface area contributed by atoms with E-state index >= 15 is 0 Å². The van der Waals surface area contributed by atoms with Crippen molar-refractivity contribution in [3.63, 3.8) is 0 Å². The highest BCUT2D eigenvalue weighted by atomic mass is 16.4. The number of carboxylic acids is 1. The molecule has 0 radical (unpaired) electrons. The van der Waals surface area contributed by atoms with E-state index in [-0.39, 0.29) is 31.6 Å². The lowest BCUT2D eigenvalue weighted by molar-refractivity contribution is -0.304. The van der Waals surface area contributed by atoms with Gasteiger partial charge in [-0.2, -0.15) is 0 Å². The van der Waals surface area contributed by atoms with Crippen molar-refractivity contribution in [1.82, 2.24) is 21.3 Å². The van der Waals surface area contributed by atoms with Gasteiger partial charge in [-0.1, -0.05) is 71.1 Å². The average molecular weight is 665 g/mol. The number of primary amides is 1. The number of unbranched alkanes of at least 4 members (excludes halogenated alkanes) is 10. The number of carbonyl (C=O) groups is 8.